The minimum absolute atomic E-state index is 0.0979. The molecule has 2 aliphatic rings. The quantitative estimate of drug-likeness (QED) is 0.613. The first-order chi connectivity index (χ1) is 14.5. The Morgan fingerprint density at radius 1 is 1.10 bits per heavy atom. The number of methoxy groups -OCH3 is 1. The lowest BCUT2D eigenvalue weighted by molar-refractivity contribution is -0.123. The first kappa shape index (κ1) is 20.5. The van der Waals surface area contributed by atoms with Gasteiger partial charge in [0.15, 0.2) is 11.5 Å². The molecule has 1 amide bonds. The molecule has 2 aromatic rings. The van der Waals surface area contributed by atoms with Gasteiger partial charge < -0.3 is 14.4 Å². The van der Waals surface area contributed by atoms with E-state index in [0.717, 1.165) is 48.2 Å². The van der Waals surface area contributed by atoms with Crippen LogP contribution in [0.25, 0.3) is 6.08 Å². The normalized spacial score (nSPS) is 17.7. The van der Waals surface area contributed by atoms with Gasteiger partial charge in [0.2, 0.25) is 5.91 Å². The van der Waals surface area contributed by atoms with E-state index in [-0.39, 0.29) is 11.8 Å². The molecule has 2 aromatic carbocycles. The van der Waals surface area contributed by atoms with E-state index in [1.54, 1.807) is 7.11 Å². The predicted octanol–water partition coefficient (Wildman–Crippen LogP) is 5.99. The van der Waals surface area contributed by atoms with Crippen LogP contribution in [0.1, 0.15) is 57.1 Å². The molecule has 0 bridgehead atoms. The van der Waals surface area contributed by atoms with Crippen molar-refractivity contribution in [3.63, 3.8) is 0 Å². The summed E-state index contributed by atoms with van der Waals surface area (Å²) in [6.45, 7) is 4.52. The highest BCUT2D eigenvalue weighted by Crippen LogP contribution is 2.42. The Morgan fingerprint density at radius 2 is 1.83 bits per heavy atom. The lowest BCUT2D eigenvalue weighted by Gasteiger charge is -2.32. The number of hydrogen-bond donors (Lipinski definition) is 0. The predicted molar refractivity (Wildman–Crippen MR) is 121 cm³/mol. The summed E-state index contributed by atoms with van der Waals surface area (Å²) in [5, 5.41) is 0. The maximum Gasteiger partial charge on any atom is 0.230 e. The SMILES string of the molecule is COc1c(CN(C(=O)C2CCCCC2)c2ccccc2)ccc2c1OC(C)(C)C=C2. The Morgan fingerprint density at radius 3 is 2.53 bits per heavy atom. The lowest BCUT2D eigenvalue weighted by Crippen LogP contribution is -2.37. The summed E-state index contributed by atoms with van der Waals surface area (Å²) in [6, 6.07) is 14.1. The fraction of sp³-hybridized carbons (Fsp3) is 0.423. The third-order valence-corrected chi connectivity index (χ3v) is 6.07. The van der Waals surface area contributed by atoms with Gasteiger partial charge in [0.05, 0.1) is 13.7 Å². The average molecular weight is 406 g/mol. The first-order valence-electron chi connectivity index (χ1n) is 10.9. The van der Waals surface area contributed by atoms with Crippen molar-refractivity contribution >= 4 is 17.7 Å². The van der Waals surface area contributed by atoms with Gasteiger partial charge in [-0.15, -0.1) is 0 Å². The summed E-state index contributed by atoms with van der Waals surface area (Å²) in [5.74, 6) is 1.77. The van der Waals surface area contributed by atoms with Crippen molar-refractivity contribution in [1.82, 2.24) is 0 Å². The molecule has 0 atom stereocenters. The van der Waals surface area contributed by atoms with Crippen LogP contribution in [0.2, 0.25) is 0 Å². The number of nitrogens with zero attached hydrogens (tertiary/aromatic N) is 1. The molecule has 0 saturated heterocycles. The summed E-state index contributed by atoms with van der Waals surface area (Å²) in [7, 11) is 1.67. The van der Waals surface area contributed by atoms with E-state index in [0.29, 0.717) is 12.3 Å². The highest BCUT2D eigenvalue weighted by molar-refractivity contribution is 5.95. The van der Waals surface area contributed by atoms with Gasteiger partial charge in [-0.1, -0.05) is 55.7 Å². The van der Waals surface area contributed by atoms with E-state index >= 15 is 0 Å². The van der Waals surface area contributed by atoms with E-state index in [9.17, 15) is 4.79 Å². The fourth-order valence-corrected chi connectivity index (χ4v) is 4.44. The van der Waals surface area contributed by atoms with Crippen molar-refractivity contribution in [2.75, 3.05) is 12.0 Å². The van der Waals surface area contributed by atoms with E-state index in [1.165, 1.54) is 6.42 Å². The molecule has 0 spiro atoms. The first-order valence-corrected chi connectivity index (χ1v) is 10.9. The number of anilines is 1. The molecule has 1 saturated carbocycles. The Balaban J connectivity index is 1.70. The largest absolute Gasteiger partial charge is 0.492 e. The van der Waals surface area contributed by atoms with Gasteiger partial charge in [-0.05, 0) is 44.9 Å². The number of carbonyl (C=O) groups excluding carboxylic acids is 1. The summed E-state index contributed by atoms with van der Waals surface area (Å²) in [5.41, 5.74) is 2.49. The molecule has 1 aliphatic heterocycles. The van der Waals surface area contributed by atoms with Crippen LogP contribution in [0.5, 0.6) is 11.5 Å². The summed E-state index contributed by atoms with van der Waals surface area (Å²) in [6.07, 6.45) is 9.59. The van der Waals surface area contributed by atoms with Crippen molar-refractivity contribution in [3.8, 4) is 11.5 Å². The van der Waals surface area contributed by atoms with Crippen LogP contribution in [0.3, 0.4) is 0 Å². The average Bonchev–Trinajstić information content (AvgIpc) is 2.77. The van der Waals surface area contributed by atoms with Gasteiger partial charge in [0, 0.05) is 22.7 Å². The zero-order valence-corrected chi connectivity index (χ0v) is 18.2. The lowest BCUT2D eigenvalue weighted by atomic mass is 9.88. The molecule has 0 radical (unpaired) electrons. The zero-order valence-electron chi connectivity index (χ0n) is 18.2. The van der Waals surface area contributed by atoms with Gasteiger partial charge >= 0.3 is 0 Å². The van der Waals surface area contributed by atoms with Gasteiger partial charge in [0.1, 0.15) is 5.60 Å². The van der Waals surface area contributed by atoms with E-state index in [2.05, 4.69) is 12.2 Å². The maximum atomic E-state index is 13.5. The molecular weight excluding hydrogens is 374 g/mol. The second-order valence-electron chi connectivity index (χ2n) is 8.81. The molecule has 4 heteroatoms. The van der Waals surface area contributed by atoms with Gasteiger partial charge in [0.25, 0.3) is 0 Å². The number of para-hydroxylation sites is 1. The Labute approximate surface area is 179 Å². The number of benzene rings is 2. The van der Waals surface area contributed by atoms with Crippen molar-refractivity contribution in [2.45, 2.75) is 58.1 Å². The molecule has 0 aromatic heterocycles. The minimum atomic E-state index is -0.393. The van der Waals surface area contributed by atoms with Crippen molar-refractivity contribution in [2.24, 2.45) is 5.92 Å². The van der Waals surface area contributed by atoms with Crippen LogP contribution in [0.15, 0.2) is 48.5 Å². The minimum Gasteiger partial charge on any atom is -0.492 e. The standard InChI is InChI=1S/C26H31NO3/c1-26(2)17-16-19-14-15-21(23(29-3)24(19)30-26)18-27(22-12-8-5-9-13-22)25(28)20-10-6-4-7-11-20/h5,8-9,12-17,20H,4,6-7,10-11,18H2,1-3H3. The van der Waals surface area contributed by atoms with Gasteiger partial charge in [-0.25, -0.2) is 0 Å². The highest BCUT2D eigenvalue weighted by atomic mass is 16.5. The molecular formula is C26H31NO3. The third kappa shape index (κ3) is 4.23. The topological polar surface area (TPSA) is 38.8 Å². The molecule has 4 nitrogen and oxygen atoms in total. The number of amides is 1. The molecule has 1 aliphatic carbocycles. The second kappa shape index (κ2) is 8.55. The van der Waals surface area contributed by atoms with Crippen LogP contribution < -0.4 is 14.4 Å². The smallest absolute Gasteiger partial charge is 0.230 e. The van der Waals surface area contributed by atoms with Crippen LogP contribution in [0.4, 0.5) is 5.69 Å². The van der Waals surface area contributed by atoms with Crippen LogP contribution in [0, 0.1) is 5.92 Å². The summed E-state index contributed by atoms with van der Waals surface area (Å²) < 4.78 is 12.0. The fourth-order valence-electron chi connectivity index (χ4n) is 4.44. The van der Waals surface area contributed by atoms with Gasteiger partial charge in [-0.2, -0.15) is 0 Å². The number of carbonyl (C=O) groups is 1. The number of fused-ring (bicyclic) bond motifs is 1. The Bertz CT molecular complexity index is 927. The summed E-state index contributed by atoms with van der Waals surface area (Å²) >= 11 is 0. The monoisotopic (exact) mass is 405 g/mol. The molecule has 158 valence electrons. The van der Waals surface area contributed by atoms with Crippen LogP contribution >= 0.6 is 0 Å². The van der Waals surface area contributed by atoms with Crippen LogP contribution in [-0.4, -0.2) is 18.6 Å². The highest BCUT2D eigenvalue weighted by Gasteiger charge is 2.30. The second-order valence-corrected chi connectivity index (χ2v) is 8.81. The van der Waals surface area contributed by atoms with Crippen molar-refractivity contribution in [3.05, 3.63) is 59.7 Å². The molecule has 0 N–H and O–H groups in total. The molecule has 0 unspecified atom stereocenters. The van der Waals surface area contributed by atoms with Crippen LogP contribution in [-0.2, 0) is 11.3 Å². The third-order valence-electron chi connectivity index (χ3n) is 6.07. The maximum absolute atomic E-state index is 13.5. The molecule has 1 heterocycles. The number of rotatable bonds is 5. The Kier molecular flexibility index (Phi) is 5.85. The number of ether oxygens (including phenoxy) is 2. The molecule has 4 rings (SSSR count). The van der Waals surface area contributed by atoms with E-state index < -0.39 is 5.60 Å². The summed E-state index contributed by atoms with van der Waals surface area (Å²) in [4.78, 5) is 15.5. The Hall–Kier alpha value is -2.75. The van der Waals surface area contributed by atoms with E-state index in [1.807, 2.05) is 61.2 Å². The van der Waals surface area contributed by atoms with Gasteiger partial charge in [-0.3, -0.25) is 4.79 Å². The van der Waals surface area contributed by atoms with Crippen molar-refractivity contribution < 1.29 is 14.3 Å². The van der Waals surface area contributed by atoms with E-state index in [4.69, 9.17) is 9.47 Å². The number of hydrogen-bond acceptors (Lipinski definition) is 3. The molecule has 1 fully saturated rings. The molecule has 30 heavy (non-hydrogen) atoms. The van der Waals surface area contributed by atoms with Crippen molar-refractivity contribution in [1.29, 1.82) is 0 Å². The zero-order chi connectivity index (χ0) is 21.1.